The second-order valence-corrected chi connectivity index (χ2v) is 6.17. The number of carbonyl (C=O) groups excluding carboxylic acids is 2. The Morgan fingerprint density at radius 2 is 1.57 bits per heavy atom. The molecule has 0 aliphatic heterocycles. The molecule has 0 aliphatic carbocycles. The highest BCUT2D eigenvalue weighted by Gasteiger charge is 2.07. The number of carbonyl (C=O) groups is 2. The molecular formula is C18H27NO2. The highest BCUT2D eigenvalue weighted by atomic mass is 16.1. The maximum Gasteiger partial charge on any atom is 0.226 e. The Balaban J connectivity index is 2.34. The van der Waals surface area contributed by atoms with Gasteiger partial charge in [-0.1, -0.05) is 39.8 Å². The number of nitrogens with one attached hydrogen (secondary N) is 1. The average molecular weight is 289 g/mol. The largest absolute Gasteiger partial charge is 0.326 e. The van der Waals surface area contributed by atoms with E-state index in [0.717, 1.165) is 24.9 Å². The highest BCUT2D eigenvalue weighted by molar-refractivity contribution is 5.92. The standard InChI is InChI=1S/C18H27NO2/c1-13(2)17(20)8-6-5-7-15-9-11-16(12-10-15)19-18(21)14(3)4/h9-14H,5-8H2,1-4H3,(H,19,21). The summed E-state index contributed by atoms with van der Waals surface area (Å²) >= 11 is 0. The van der Waals surface area contributed by atoms with Crippen LogP contribution in [0.2, 0.25) is 0 Å². The fourth-order valence-corrected chi connectivity index (χ4v) is 1.96. The molecule has 3 heteroatoms. The molecule has 0 radical (unpaired) electrons. The number of anilines is 1. The van der Waals surface area contributed by atoms with E-state index in [1.165, 1.54) is 5.56 Å². The molecule has 3 nitrogen and oxygen atoms in total. The fraction of sp³-hybridized carbons (Fsp3) is 0.556. The number of unbranched alkanes of at least 4 members (excludes halogenated alkanes) is 1. The van der Waals surface area contributed by atoms with Gasteiger partial charge in [-0.25, -0.2) is 0 Å². The summed E-state index contributed by atoms with van der Waals surface area (Å²) in [6.07, 6.45) is 3.63. The van der Waals surface area contributed by atoms with Crippen LogP contribution in [0, 0.1) is 11.8 Å². The molecule has 0 fully saturated rings. The van der Waals surface area contributed by atoms with Gasteiger partial charge in [0.05, 0.1) is 0 Å². The van der Waals surface area contributed by atoms with Gasteiger partial charge in [0.1, 0.15) is 5.78 Å². The summed E-state index contributed by atoms with van der Waals surface area (Å²) in [6.45, 7) is 7.66. The molecule has 0 heterocycles. The van der Waals surface area contributed by atoms with Gasteiger partial charge in [-0.2, -0.15) is 0 Å². The predicted molar refractivity (Wildman–Crippen MR) is 87.3 cm³/mol. The van der Waals surface area contributed by atoms with Crippen LogP contribution in [0.5, 0.6) is 0 Å². The van der Waals surface area contributed by atoms with Crippen molar-refractivity contribution in [2.45, 2.75) is 53.4 Å². The maximum atomic E-state index is 11.6. The lowest BCUT2D eigenvalue weighted by Gasteiger charge is -2.08. The second-order valence-electron chi connectivity index (χ2n) is 6.17. The van der Waals surface area contributed by atoms with E-state index in [2.05, 4.69) is 5.32 Å². The number of benzene rings is 1. The van der Waals surface area contributed by atoms with Crippen LogP contribution >= 0.6 is 0 Å². The Hall–Kier alpha value is -1.64. The highest BCUT2D eigenvalue weighted by Crippen LogP contribution is 2.14. The Morgan fingerprint density at radius 3 is 2.10 bits per heavy atom. The minimum absolute atomic E-state index is 0.0110. The third-order valence-corrected chi connectivity index (χ3v) is 3.53. The molecule has 116 valence electrons. The normalized spacial score (nSPS) is 11.0. The summed E-state index contributed by atoms with van der Waals surface area (Å²) in [6, 6.07) is 7.96. The minimum Gasteiger partial charge on any atom is -0.326 e. The van der Waals surface area contributed by atoms with Crippen molar-refractivity contribution in [1.82, 2.24) is 0 Å². The number of hydrogen-bond donors (Lipinski definition) is 1. The zero-order chi connectivity index (χ0) is 15.8. The predicted octanol–water partition coefficient (Wildman–Crippen LogP) is 4.22. The van der Waals surface area contributed by atoms with Crippen LogP contribution in [0.4, 0.5) is 5.69 Å². The Bertz CT molecular complexity index is 461. The first-order valence-corrected chi connectivity index (χ1v) is 7.82. The van der Waals surface area contributed by atoms with Crippen LogP contribution in [0.25, 0.3) is 0 Å². The van der Waals surface area contributed by atoms with Crippen LogP contribution in [-0.4, -0.2) is 11.7 Å². The number of rotatable bonds is 8. The third kappa shape index (κ3) is 6.56. The number of aryl methyl sites for hydroxylation is 1. The van der Waals surface area contributed by atoms with Crippen molar-refractivity contribution in [3.05, 3.63) is 29.8 Å². The van der Waals surface area contributed by atoms with Crippen LogP contribution < -0.4 is 5.32 Å². The van der Waals surface area contributed by atoms with Crippen LogP contribution in [0.3, 0.4) is 0 Å². The zero-order valence-electron chi connectivity index (χ0n) is 13.6. The summed E-state index contributed by atoms with van der Waals surface area (Å²) < 4.78 is 0. The van der Waals surface area contributed by atoms with Gasteiger partial charge < -0.3 is 5.32 Å². The van der Waals surface area contributed by atoms with E-state index in [0.29, 0.717) is 12.2 Å². The van der Waals surface area contributed by atoms with Crippen LogP contribution in [0.1, 0.15) is 52.5 Å². The molecule has 0 atom stereocenters. The first-order chi connectivity index (χ1) is 9.90. The molecule has 0 aromatic heterocycles. The van der Waals surface area contributed by atoms with E-state index in [1.54, 1.807) is 0 Å². The lowest BCUT2D eigenvalue weighted by molar-refractivity contribution is -0.122. The topological polar surface area (TPSA) is 46.2 Å². The van der Waals surface area contributed by atoms with E-state index in [4.69, 9.17) is 0 Å². The van der Waals surface area contributed by atoms with Crippen molar-refractivity contribution in [3.63, 3.8) is 0 Å². The maximum absolute atomic E-state index is 11.6. The van der Waals surface area contributed by atoms with Crippen molar-refractivity contribution in [3.8, 4) is 0 Å². The quantitative estimate of drug-likeness (QED) is 0.728. The first-order valence-electron chi connectivity index (χ1n) is 7.82. The van der Waals surface area contributed by atoms with E-state index in [-0.39, 0.29) is 17.7 Å². The monoisotopic (exact) mass is 289 g/mol. The average Bonchev–Trinajstić information content (AvgIpc) is 2.44. The van der Waals surface area contributed by atoms with E-state index in [1.807, 2.05) is 52.0 Å². The van der Waals surface area contributed by atoms with Gasteiger partial charge in [0, 0.05) is 23.9 Å². The fourth-order valence-electron chi connectivity index (χ4n) is 1.96. The molecule has 0 saturated heterocycles. The lowest BCUT2D eigenvalue weighted by atomic mass is 10.0. The zero-order valence-corrected chi connectivity index (χ0v) is 13.6. The van der Waals surface area contributed by atoms with Gasteiger partial charge in [0.15, 0.2) is 0 Å². The summed E-state index contributed by atoms with van der Waals surface area (Å²) in [5.41, 5.74) is 2.09. The van der Waals surface area contributed by atoms with Crippen molar-refractivity contribution in [1.29, 1.82) is 0 Å². The van der Waals surface area contributed by atoms with Crippen molar-refractivity contribution < 1.29 is 9.59 Å². The summed E-state index contributed by atoms with van der Waals surface area (Å²) in [7, 11) is 0. The molecule has 0 saturated carbocycles. The van der Waals surface area contributed by atoms with Crippen molar-refractivity contribution >= 4 is 17.4 Å². The second kappa shape index (κ2) is 8.60. The Labute approximate surface area is 128 Å². The van der Waals surface area contributed by atoms with E-state index in [9.17, 15) is 9.59 Å². The Kier molecular flexibility index (Phi) is 7.13. The number of Topliss-reactive ketones (excluding diaryl/α,β-unsaturated/α-hetero) is 1. The number of hydrogen-bond acceptors (Lipinski definition) is 2. The SMILES string of the molecule is CC(C)C(=O)CCCCc1ccc(NC(=O)C(C)C)cc1. The minimum atomic E-state index is -0.0110. The van der Waals surface area contributed by atoms with Gasteiger partial charge in [0.25, 0.3) is 0 Å². The smallest absolute Gasteiger partial charge is 0.226 e. The lowest BCUT2D eigenvalue weighted by Crippen LogP contribution is -2.17. The molecule has 0 bridgehead atoms. The van der Waals surface area contributed by atoms with E-state index >= 15 is 0 Å². The summed E-state index contributed by atoms with van der Waals surface area (Å²) in [5, 5.41) is 2.88. The summed E-state index contributed by atoms with van der Waals surface area (Å²) in [4.78, 5) is 23.1. The molecule has 1 aromatic rings. The van der Waals surface area contributed by atoms with Gasteiger partial charge in [-0.05, 0) is 37.0 Å². The molecule has 21 heavy (non-hydrogen) atoms. The molecular weight excluding hydrogens is 262 g/mol. The van der Waals surface area contributed by atoms with Crippen LogP contribution in [0.15, 0.2) is 24.3 Å². The van der Waals surface area contributed by atoms with Gasteiger partial charge in [-0.3, -0.25) is 9.59 Å². The van der Waals surface area contributed by atoms with Gasteiger partial charge in [-0.15, -0.1) is 0 Å². The molecule has 0 aliphatic rings. The molecule has 1 aromatic carbocycles. The molecule has 0 spiro atoms. The number of ketones is 1. The number of amides is 1. The van der Waals surface area contributed by atoms with E-state index < -0.39 is 0 Å². The van der Waals surface area contributed by atoms with Crippen molar-refractivity contribution in [2.24, 2.45) is 11.8 Å². The summed E-state index contributed by atoms with van der Waals surface area (Å²) in [5.74, 6) is 0.522. The molecule has 1 rings (SSSR count). The van der Waals surface area contributed by atoms with Crippen LogP contribution in [-0.2, 0) is 16.0 Å². The first kappa shape index (κ1) is 17.4. The Morgan fingerprint density at radius 1 is 0.952 bits per heavy atom. The molecule has 0 unspecified atom stereocenters. The van der Waals surface area contributed by atoms with Crippen molar-refractivity contribution in [2.75, 3.05) is 5.32 Å². The van der Waals surface area contributed by atoms with Gasteiger partial charge in [0.2, 0.25) is 5.91 Å². The third-order valence-electron chi connectivity index (χ3n) is 3.53. The van der Waals surface area contributed by atoms with Gasteiger partial charge >= 0.3 is 0 Å². The molecule has 1 amide bonds. The molecule has 1 N–H and O–H groups in total.